The number of nitrogens with one attached hydrogen (secondary N) is 1. The van der Waals surface area contributed by atoms with Crippen LogP contribution in [0.15, 0.2) is 84.7 Å². The molecule has 5 heterocycles. The van der Waals surface area contributed by atoms with Crippen LogP contribution in [0, 0.1) is 21.7 Å². The molecule has 1 unspecified atom stereocenters. The molecule has 30 nitrogen and oxygen atoms in total. The first-order valence-corrected chi connectivity index (χ1v) is 34.2. The van der Waals surface area contributed by atoms with Gasteiger partial charge in [0.2, 0.25) is 12.6 Å². The number of hydrogen-bond acceptors (Lipinski definition) is 26. The Morgan fingerprint density at radius 2 is 1.35 bits per heavy atom. The van der Waals surface area contributed by atoms with E-state index in [0.717, 1.165) is 6.07 Å². The van der Waals surface area contributed by atoms with Gasteiger partial charge in [-0.25, -0.2) is 5.84 Å². The lowest BCUT2D eigenvalue weighted by molar-refractivity contribution is -0.277. The van der Waals surface area contributed by atoms with Crippen molar-refractivity contribution in [3.05, 3.63) is 107 Å². The van der Waals surface area contributed by atoms with Crippen molar-refractivity contribution in [1.82, 2.24) is 19.8 Å². The van der Waals surface area contributed by atoms with E-state index in [4.69, 9.17) is 53.1 Å². The lowest BCUT2D eigenvalue weighted by atomic mass is 9.88. The number of Topliss-reactive ketones (excluding diaryl/α,β-unsaturated/α-hetero) is 1. The fraction of sp³-hybridized carbons (Fsp3) is 0.529. The smallest absolute Gasteiger partial charge is 0.497 e. The van der Waals surface area contributed by atoms with E-state index in [1.165, 1.54) is 82.3 Å². The second-order valence-electron chi connectivity index (χ2n) is 29.3. The van der Waals surface area contributed by atoms with Gasteiger partial charge in [-0.05, 0) is 90.7 Å². The minimum Gasteiger partial charge on any atom is -0.497 e. The summed E-state index contributed by atoms with van der Waals surface area (Å²) in [7, 11) is -2.29. The number of carbonyl (C=O) groups excluding carboxylic acids is 5. The van der Waals surface area contributed by atoms with Crippen molar-refractivity contribution >= 4 is 67.2 Å². The number of rotatable bonds is 31. The SMILES string of the molecule is COc1ccc2c(OS(=O)(=O)Oc3cc(C(=O)N(C)CC(C)(C)COCC(C)(C)CN(N)/C=C(\N)CC(C)(C)COCC(C)(C)CN4C(=O)C=CC4=O)ccc3O[C@H]3C[C@@H](O)[C@@H](O)[C@@H](CO)O3)cc3c(c2c1)CCN3C(=O)c1cc2ccc(O[C@@H]3O[C@H](CO)[C@H](O)C(O)[C@H]3O)c(C(C)=O)c2[nH]1. The quantitative estimate of drug-likeness (QED) is 0.0132. The first-order valence-electron chi connectivity index (χ1n) is 32.9. The topological polar surface area (TPSA) is 425 Å². The number of aliphatic hydroxyl groups is 7. The highest BCUT2D eigenvalue weighted by molar-refractivity contribution is 7.82. The van der Waals surface area contributed by atoms with Crippen LogP contribution in [0.2, 0.25) is 0 Å². The molecule has 31 heteroatoms. The highest BCUT2D eigenvalue weighted by Gasteiger charge is 2.46. The van der Waals surface area contributed by atoms with E-state index in [-0.39, 0.29) is 114 Å². The molecule has 0 radical (unpaired) electrons. The van der Waals surface area contributed by atoms with Crippen molar-refractivity contribution in [3.63, 3.8) is 0 Å². The normalized spacial score (nSPS) is 22.2. The summed E-state index contributed by atoms with van der Waals surface area (Å²) in [5.74, 6) is 3.13. The zero-order valence-electron chi connectivity index (χ0n) is 58.4. The summed E-state index contributed by atoms with van der Waals surface area (Å²) in [6.45, 7) is 17.3. The predicted molar refractivity (Wildman–Crippen MR) is 366 cm³/mol. The lowest BCUT2D eigenvalue weighted by Crippen LogP contribution is -2.60. The fourth-order valence-electron chi connectivity index (χ4n) is 12.9. The number of fused-ring (bicyclic) bond motifs is 4. The van der Waals surface area contributed by atoms with Crippen LogP contribution in [0.1, 0.15) is 112 Å². The monoisotopic (exact) mass is 1430 g/mol. The first kappa shape index (κ1) is 77.1. The van der Waals surface area contributed by atoms with Gasteiger partial charge in [0, 0.05) is 102 Å². The average Bonchev–Trinajstić information content (AvgIpc) is 1.65. The molecule has 4 aliphatic heterocycles. The van der Waals surface area contributed by atoms with Crippen LogP contribution in [0.25, 0.3) is 21.7 Å². The molecular weight excluding hydrogens is 1340 g/mol. The number of aromatic amines is 1. The van der Waals surface area contributed by atoms with Crippen LogP contribution in [0.5, 0.6) is 28.7 Å². The molecule has 0 aliphatic carbocycles. The van der Waals surface area contributed by atoms with Crippen molar-refractivity contribution in [2.45, 2.75) is 137 Å². The van der Waals surface area contributed by atoms with Gasteiger partial charge in [0.1, 0.15) is 53.8 Å². The number of ketones is 1. The highest BCUT2D eigenvalue weighted by Crippen LogP contribution is 2.44. The Morgan fingerprint density at radius 1 is 0.723 bits per heavy atom. The molecule has 4 aliphatic rings. The number of H-pyrrole nitrogens is 1. The van der Waals surface area contributed by atoms with Gasteiger partial charge in [0.05, 0.1) is 69.6 Å². The van der Waals surface area contributed by atoms with Gasteiger partial charge in [0.15, 0.2) is 23.0 Å². The predicted octanol–water partition coefficient (Wildman–Crippen LogP) is 3.33. The molecule has 12 N–H and O–H groups in total. The Bertz CT molecular complexity index is 4060. The number of ether oxygens (including phenoxy) is 7. The van der Waals surface area contributed by atoms with Gasteiger partial charge in [-0.2, -0.15) is 0 Å². The van der Waals surface area contributed by atoms with Crippen LogP contribution in [0.3, 0.4) is 0 Å². The summed E-state index contributed by atoms with van der Waals surface area (Å²) in [5.41, 5.74) is 5.84. The number of aliphatic hydroxyl groups excluding tert-OH is 7. The van der Waals surface area contributed by atoms with Crippen molar-refractivity contribution in [2.24, 2.45) is 33.2 Å². The third-order valence-corrected chi connectivity index (χ3v) is 18.4. The number of hydrogen-bond donors (Lipinski definition) is 10. The van der Waals surface area contributed by atoms with Gasteiger partial charge in [-0.1, -0.05) is 55.4 Å². The van der Waals surface area contributed by atoms with Gasteiger partial charge in [-0.3, -0.25) is 28.9 Å². The number of carbonyl (C=O) groups is 5. The fourth-order valence-corrected chi connectivity index (χ4v) is 13.6. The molecule has 9 rings (SSSR count). The van der Waals surface area contributed by atoms with Crippen LogP contribution < -0.4 is 39.1 Å². The van der Waals surface area contributed by atoms with E-state index >= 15 is 0 Å². The van der Waals surface area contributed by atoms with E-state index in [0.29, 0.717) is 54.0 Å². The van der Waals surface area contributed by atoms with Gasteiger partial charge in [-0.15, -0.1) is 8.42 Å². The van der Waals surface area contributed by atoms with E-state index in [2.05, 4.69) is 4.98 Å². The van der Waals surface area contributed by atoms with Crippen molar-refractivity contribution in [3.8, 4) is 28.7 Å². The first-order chi connectivity index (χ1) is 47.3. The summed E-state index contributed by atoms with van der Waals surface area (Å²) in [6, 6.07) is 14.3. The molecule has 5 aromatic rings. The molecule has 4 amide bonds. The van der Waals surface area contributed by atoms with Crippen molar-refractivity contribution in [1.29, 1.82) is 0 Å². The van der Waals surface area contributed by atoms with Crippen LogP contribution in [-0.4, -0.2) is 229 Å². The Hall–Kier alpha value is -8.02. The number of methoxy groups -OCH3 is 1. The number of aromatic nitrogens is 1. The Balaban J connectivity index is 0.889. The average molecular weight is 1430 g/mol. The lowest BCUT2D eigenvalue weighted by Gasteiger charge is -2.39. The van der Waals surface area contributed by atoms with Crippen molar-refractivity contribution in [2.75, 3.05) is 84.9 Å². The van der Waals surface area contributed by atoms with Crippen LogP contribution >= 0.6 is 0 Å². The summed E-state index contributed by atoms with van der Waals surface area (Å²) < 4.78 is 81.9. The van der Waals surface area contributed by atoms with E-state index in [1.807, 2.05) is 55.4 Å². The Kier molecular flexibility index (Phi) is 23.6. The minimum atomic E-state index is -5.29. The number of amides is 4. The minimum absolute atomic E-state index is 0.0123. The molecule has 0 saturated carbocycles. The number of anilines is 1. The Morgan fingerprint density at radius 3 is 2.00 bits per heavy atom. The maximum Gasteiger partial charge on any atom is 0.501 e. The standard InChI is InChI=1S/C70H93N7O23S/c1-38(80)58-50(97-66-63(87)62(86)61(85)54(30-79)98-66)17-12-39-22-46(73-59(39)58)65(89)76-21-20-43-45-24-42(92-11)14-15-44(45)51(25-47(43)76)99-101(90,91)100-52-23-40(13-16-49(52)95-57-26-48(81)60(84)53(29-78)96-57)64(88)74(10)31-68(4,5)35-94-36-69(6,7)32-75(72)28-41(71)27-67(2,3)34-93-37-70(8,9)33-77-55(82)18-19-56(77)83/h12-19,22-25,28,48,53-54,57,60-63,66,73,78-79,81,84-87H,20-21,26-27,29-37,71-72H2,1-11H3/b41-28-/t48-,53-,54-,57-,60-,61+,62?,63-,66-/m1/s1. The summed E-state index contributed by atoms with van der Waals surface area (Å²) in [6.07, 6.45) is -9.19. The van der Waals surface area contributed by atoms with Crippen LogP contribution in [0.4, 0.5) is 5.69 Å². The largest absolute Gasteiger partial charge is 0.501 e. The number of benzene rings is 4. The molecule has 101 heavy (non-hydrogen) atoms. The summed E-state index contributed by atoms with van der Waals surface area (Å²) in [4.78, 5) is 73.8. The summed E-state index contributed by atoms with van der Waals surface area (Å²) >= 11 is 0. The van der Waals surface area contributed by atoms with Crippen molar-refractivity contribution < 1.29 is 110 Å². The molecule has 9 atom stereocenters. The molecule has 4 aromatic carbocycles. The maximum absolute atomic E-state index is 14.8. The molecule has 1 aromatic heterocycles. The highest BCUT2D eigenvalue weighted by atomic mass is 32.3. The number of nitrogens with zero attached hydrogens (tertiary/aromatic N) is 4. The van der Waals surface area contributed by atoms with E-state index < -0.39 is 119 Å². The van der Waals surface area contributed by atoms with E-state index in [9.17, 15) is 68.1 Å². The summed E-state index contributed by atoms with van der Waals surface area (Å²) in [5, 5.41) is 75.0. The third kappa shape index (κ3) is 18.4. The zero-order chi connectivity index (χ0) is 74.0. The molecule has 2 fully saturated rings. The number of allylic oxidation sites excluding steroid dienone is 1. The van der Waals surface area contributed by atoms with Gasteiger partial charge in [0.25, 0.3) is 23.6 Å². The van der Waals surface area contributed by atoms with Crippen LogP contribution in [-0.2, 0) is 45.4 Å². The Labute approximate surface area is 585 Å². The molecule has 552 valence electrons. The molecule has 0 spiro atoms. The molecule has 0 bridgehead atoms. The number of hydrazine groups is 1. The second kappa shape index (κ2) is 30.9. The van der Waals surface area contributed by atoms with Gasteiger partial charge < -0.3 is 103 Å². The number of nitrogens with two attached hydrogens (primary N) is 2. The second-order valence-corrected chi connectivity index (χ2v) is 30.5. The van der Waals surface area contributed by atoms with E-state index in [1.54, 1.807) is 31.4 Å². The third-order valence-electron chi connectivity index (χ3n) is 17.6. The number of imide groups is 1. The molecular formula is C70H93N7O23S. The van der Waals surface area contributed by atoms with Gasteiger partial charge >= 0.3 is 10.4 Å². The molecule has 2 saturated heterocycles. The zero-order valence-corrected chi connectivity index (χ0v) is 59.2. The maximum atomic E-state index is 14.8.